The summed E-state index contributed by atoms with van der Waals surface area (Å²) in [4.78, 5) is 12.5. The molecule has 154 valence electrons. The Bertz CT molecular complexity index is 1010. The smallest absolute Gasteiger partial charge is 0.248 e. The zero-order valence-electron chi connectivity index (χ0n) is 16.4. The lowest BCUT2D eigenvalue weighted by molar-refractivity contribution is -0.111. The number of nitrogens with one attached hydrogen (secondary N) is 1. The van der Waals surface area contributed by atoms with Crippen LogP contribution in [0.5, 0.6) is 5.75 Å². The third-order valence-corrected chi connectivity index (χ3v) is 6.61. The van der Waals surface area contributed by atoms with E-state index in [1.807, 2.05) is 24.3 Å². The molecular formula is C21H24N2O5S. The Morgan fingerprint density at radius 2 is 1.93 bits per heavy atom. The van der Waals surface area contributed by atoms with Gasteiger partial charge >= 0.3 is 0 Å². The number of methoxy groups -OCH3 is 1. The van der Waals surface area contributed by atoms with E-state index in [9.17, 15) is 13.2 Å². The van der Waals surface area contributed by atoms with Crippen LogP contribution in [0.15, 0.2) is 53.4 Å². The van der Waals surface area contributed by atoms with Crippen LogP contribution in [0.25, 0.3) is 6.08 Å². The normalized spacial score (nSPS) is 15.4. The molecule has 1 fully saturated rings. The third kappa shape index (κ3) is 5.23. The van der Waals surface area contributed by atoms with Crippen LogP contribution in [-0.2, 0) is 19.6 Å². The van der Waals surface area contributed by atoms with E-state index in [0.29, 0.717) is 43.3 Å². The number of anilines is 1. The molecule has 0 unspecified atom stereocenters. The van der Waals surface area contributed by atoms with Crippen LogP contribution >= 0.6 is 0 Å². The molecule has 0 aliphatic carbocycles. The number of carbonyl (C=O) groups is 1. The lowest BCUT2D eigenvalue weighted by atomic mass is 10.2. The van der Waals surface area contributed by atoms with E-state index in [1.54, 1.807) is 32.2 Å². The van der Waals surface area contributed by atoms with Crippen LogP contribution in [0.3, 0.4) is 0 Å². The second-order valence-electron chi connectivity index (χ2n) is 6.60. The van der Waals surface area contributed by atoms with Crippen molar-refractivity contribution in [1.29, 1.82) is 0 Å². The Labute approximate surface area is 171 Å². The number of benzene rings is 2. The first kappa shape index (κ1) is 21.0. The molecule has 1 aliphatic rings. The number of nitrogens with zero attached hydrogens (tertiary/aromatic N) is 1. The number of morpholine rings is 1. The van der Waals surface area contributed by atoms with E-state index in [-0.39, 0.29) is 10.8 Å². The molecule has 0 atom stereocenters. The van der Waals surface area contributed by atoms with Gasteiger partial charge < -0.3 is 14.8 Å². The molecule has 0 bridgehead atoms. The minimum atomic E-state index is -3.64. The van der Waals surface area contributed by atoms with Crippen LogP contribution < -0.4 is 10.1 Å². The summed E-state index contributed by atoms with van der Waals surface area (Å²) in [6, 6.07) is 12.2. The van der Waals surface area contributed by atoms with Gasteiger partial charge in [0, 0.05) is 24.9 Å². The Morgan fingerprint density at radius 1 is 1.17 bits per heavy atom. The number of sulfonamides is 1. The first-order chi connectivity index (χ1) is 13.9. The maximum absolute atomic E-state index is 12.9. The van der Waals surface area contributed by atoms with Gasteiger partial charge in [0.1, 0.15) is 5.75 Å². The zero-order valence-corrected chi connectivity index (χ0v) is 17.2. The summed E-state index contributed by atoms with van der Waals surface area (Å²) < 4.78 is 37.7. The van der Waals surface area contributed by atoms with Gasteiger partial charge in [-0.25, -0.2) is 8.42 Å². The second kappa shape index (κ2) is 9.21. The maximum atomic E-state index is 12.9. The van der Waals surface area contributed by atoms with Crippen molar-refractivity contribution in [2.24, 2.45) is 0 Å². The lowest BCUT2D eigenvalue weighted by Crippen LogP contribution is -2.40. The minimum Gasteiger partial charge on any atom is -0.497 e. The number of rotatable bonds is 6. The highest BCUT2D eigenvalue weighted by molar-refractivity contribution is 7.89. The van der Waals surface area contributed by atoms with Crippen molar-refractivity contribution in [2.45, 2.75) is 11.8 Å². The summed E-state index contributed by atoms with van der Waals surface area (Å²) >= 11 is 0. The number of amides is 1. The summed E-state index contributed by atoms with van der Waals surface area (Å²) in [5.41, 5.74) is 1.86. The molecule has 0 aromatic heterocycles. The van der Waals surface area contributed by atoms with E-state index in [1.165, 1.54) is 16.4 Å². The van der Waals surface area contributed by atoms with Crippen LogP contribution in [0.2, 0.25) is 0 Å². The summed E-state index contributed by atoms with van der Waals surface area (Å²) in [5.74, 6) is 0.343. The third-order valence-electron chi connectivity index (χ3n) is 4.56. The Morgan fingerprint density at radius 3 is 2.66 bits per heavy atom. The highest BCUT2D eigenvalue weighted by atomic mass is 32.2. The number of aryl methyl sites for hydroxylation is 1. The van der Waals surface area contributed by atoms with Crippen LogP contribution in [-0.4, -0.2) is 52.0 Å². The SMILES string of the molecule is COc1cccc(C=CC(=O)Nc2ccc(C)c(S(=O)(=O)N3CCOCC3)c2)c1. The van der Waals surface area contributed by atoms with Gasteiger partial charge in [0.2, 0.25) is 15.9 Å². The van der Waals surface area contributed by atoms with Gasteiger partial charge in [0.15, 0.2) is 0 Å². The van der Waals surface area contributed by atoms with E-state index < -0.39 is 10.0 Å². The van der Waals surface area contributed by atoms with Gasteiger partial charge in [-0.05, 0) is 48.4 Å². The fraction of sp³-hybridized carbons (Fsp3) is 0.286. The molecule has 1 heterocycles. The number of hydrogen-bond donors (Lipinski definition) is 1. The van der Waals surface area contributed by atoms with E-state index in [2.05, 4.69) is 5.32 Å². The van der Waals surface area contributed by atoms with Crippen molar-refractivity contribution in [1.82, 2.24) is 4.31 Å². The van der Waals surface area contributed by atoms with Crippen molar-refractivity contribution in [2.75, 3.05) is 38.7 Å². The fourth-order valence-electron chi connectivity index (χ4n) is 2.98. The molecule has 3 rings (SSSR count). The minimum absolute atomic E-state index is 0.189. The molecule has 0 saturated carbocycles. The summed E-state index contributed by atoms with van der Waals surface area (Å²) in [5, 5.41) is 2.72. The fourth-order valence-corrected chi connectivity index (χ4v) is 4.64. The summed E-state index contributed by atoms with van der Waals surface area (Å²) in [6.45, 7) is 3.14. The van der Waals surface area contributed by atoms with Gasteiger partial charge in [-0.1, -0.05) is 18.2 Å². The average molecular weight is 416 g/mol. The molecule has 1 aliphatic heterocycles. The number of ether oxygens (including phenoxy) is 2. The first-order valence-corrected chi connectivity index (χ1v) is 10.7. The first-order valence-electron chi connectivity index (χ1n) is 9.22. The largest absolute Gasteiger partial charge is 0.497 e. The van der Waals surface area contributed by atoms with Crippen LogP contribution in [0.4, 0.5) is 5.69 Å². The van der Waals surface area contributed by atoms with Crippen molar-refractivity contribution in [3.05, 3.63) is 59.7 Å². The van der Waals surface area contributed by atoms with Gasteiger partial charge in [-0.15, -0.1) is 0 Å². The van der Waals surface area contributed by atoms with Gasteiger partial charge in [-0.2, -0.15) is 4.31 Å². The molecule has 2 aromatic carbocycles. The standard InChI is InChI=1S/C21H24N2O5S/c1-16-6-8-18(15-20(16)29(25,26)23-10-12-28-13-11-23)22-21(24)9-7-17-4-3-5-19(14-17)27-2/h3-9,14-15H,10-13H2,1-2H3,(H,22,24). The van der Waals surface area contributed by atoms with Crippen molar-refractivity contribution >= 4 is 27.7 Å². The van der Waals surface area contributed by atoms with E-state index >= 15 is 0 Å². The predicted molar refractivity (Wildman–Crippen MR) is 111 cm³/mol. The topological polar surface area (TPSA) is 84.9 Å². The van der Waals surface area contributed by atoms with Crippen molar-refractivity contribution in [3.8, 4) is 5.75 Å². The quantitative estimate of drug-likeness (QED) is 0.732. The Hall–Kier alpha value is -2.68. The van der Waals surface area contributed by atoms with Gasteiger partial charge in [-0.3, -0.25) is 4.79 Å². The Balaban J connectivity index is 1.75. The molecule has 2 aromatic rings. The molecule has 1 saturated heterocycles. The monoisotopic (exact) mass is 416 g/mol. The zero-order chi connectivity index (χ0) is 20.9. The highest BCUT2D eigenvalue weighted by Crippen LogP contribution is 2.24. The maximum Gasteiger partial charge on any atom is 0.248 e. The van der Waals surface area contributed by atoms with Crippen molar-refractivity contribution in [3.63, 3.8) is 0 Å². The Kier molecular flexibility index (Phi) is 6.68. The number of carbonyl (C=O) groups excluding carboxylic acids is 1. The molecule has 29 heavy (non-hydrogen) atoms. The number of hydrogen-bond acceptors (Lipinski definition) is 5. The summed E-state index contributed by atoms with van der Waals surface area (Å²) in [7, 11) is -2.06. The second-order valence-corrected chi connectivity index (χ2v) is 8.50. The molecule has 8 heteroatoms. The van der Waals surface area contributed by atoms with Crippen LogP contribution in [0, 0.1) is 6.92 Å². The van der Waals surface area contributed by atoms with Crippen LogP contribution in [0.1, 0.15) is 11.1 Å². The highest BCUT2D eigenvalue weighted by Gasteiger charge is 2.28. The van der Waals surface area contributed by atoms with E-state index in [4.69, 9.17) is 9.47 Å². The molecule has 0 spiro atoms. The molecule has 7 nitrogen and oxygen atoms in total. The lowest BCUT2D eigenvalue weighted by Gasteiger charge is -2.26. The molecule has 1 amide bonds. The average Bonchev–Trinajstić information content (AvgIpc) is 2.74. The molecular weight excluding hydrogens is 392 g/mol. The van der Waals surface area contributed by atoms with E-state index in [0.717, 1.165) is 5.56 Å². The van der Waals surface area contributed by atoms with Gasteiger partial charge in [0.05, 0.1) is 25.2 Å². The predicted octanol–water partition coefficient (Wildman–Crippen LogP) is 2.68. The van der Waals surface area contributed by atoms with Gasteiger partial charge in [0.25, 0.3) is 0 Å². The van der Waals surface area contributed by atoms with Crippen molar-refractivity contribution < 1.29 is 22.7 Å². The molecule has 0 radical (unpaired) electrons. The molecule has 1 N–H and O–H groups in total. The summed E-state index contributed by atoms with van der Waals surface area (Å²) in [6.07, 6.45) is 3.06.